The van der Waals surface area contributed by atoms with Gasteiger partial charge >= 0.3 is 6.18 Å². The normalized spacial score (nSPS) is 11.3. The molecular formula is C16H10F3N5O2. The van der Waals surface area contributed by atoms with Crippen molar-refractivity contribution < 1.29 is 18.0 Å². The molecule has 0 aliphatic heterocycles. The molecular weight excluding hydrogens is 351 g/mol. The zero-order valence-corrected chi connectivity index (χ0v) is 12.9. The molecule has 3 rings (SSSR count). The van der Waals surface area contributed by atoms with E-state index >= 15 is 0 Å². The van der Waals surface area contributed by atoms with E-state index in [1.807, 2.05) is 0 Å². The van der Waals surface area contributed by atoms with Gasteiger partial charge in [-0.15, -0.1) is 0 Å². The number of carbonyl (C=O) groups is 1. The SMILES string of the molecule is N#CCNC(=O)c1c[nH]c(=O)c(-c2cc(C(F)(F)F)cc3[nH]ncc23)c1. The van der Waals surface area contributed by atoms with Crippen molar-refractivity contribution in [3.8, 4) is 17.2 Å². The number of amides is 1. The van der Waals surface area contributed by atoms with E-state index in [1.54, 1.807) is 6.07 Å². The second kappa shape index (κ2) is 6.36. The number of alkyl halides is 3. The second-order valence-electron chi connectivity index (χ2n) is 5.32. The third-order valence-electron chi connectivity index (χ3n) is 3.67. The molecule has 0 saturated carbocycles. The molecule has 2 heterocycles. The number of halogens is 3. The quantitative estimate of drug-likeness (QED) is 0.620. The zero-order chi connectivity index (χ0) is 18.9. The number of rotatable bonds is 3. The Bertz CT molecular complexity index is 1090. The molecule has 0 aliphatic rings. The van der Waals surface area contributed by atoms with E-state index < -0.39 is 23.2 Å². The van der Waals surface area contributed by atoms with Crippen LogP contribution in [0.3, 0.4) is 0 Å². The Hall–Kier alpha value is -3.61. The smallest absolute Gasteiger partial charge is 0.339 e. The first kappa shape index (κ1) is 17.2. The number of aromatic nitrogens is 3. The van der Waals surface area contributed by atoms with Gasteiger partial charge in [-0.05, 0) is 23.8 Å². The maximum absolute atomic E-state index is 13.2. The molecule has 2 aromatic heterocycles. The number of hydrogen-bond acceptors (Lipinski definition) is 4. The Morgan fingerprint density at radius 2 is 2.04 bits per heavy atom. The summed E-state index contributed by atoms with van der Waals surface area (Å²) < 4.78 is 39.5. The number of nitriles is 1. The molecule has 26 heavy (non-hydrogen) atoms. The van der Waals surface area contributed by atoms with E-state index in [1.165, 1.54) is 12.3 Å². The van der Waals surface area contributed by atoms with Crippen LogP contribution in [0.2, 0.25) is 0 Å². The lowest BCUT2D eigenvalue weighted by molar-refractivity contribution is -0.137. The number of nitrogens with zero attached hydrogens (tertiary/aromatic N) is 2. The Kier molecular flexibility index (Phi) is 4.21. The van der Waals surface area contributed by atoms with Gasteiger partial charge in [-0.2, -0.15) is 23.5 Å². The minimum absolute atomic E-state index is 0.00362. The van der Waals surface area contributed by atoms with Crippen molar-refractivity contribution >= 4 is 16.8 Å². The Morgan fingerprint density at radius 3 is 2.73 bits per heavy atom. The van der Waals surface area contributed by atoms with Crippen molar-refractivity contribution in [1.29, 1.82) is 5.26 Å². The zero-order valence-electron chi connectivity index (χ0n) is 12.9. The molecule has 1 amide bonds. The third-order valence-corrected chi connectivity index (χ3v) is 3.67. The second-order valence-corrected chi connectivity index (χ2v) is 5.32. The molecule has 7 nitrogen and oxygen atoms in total. The Morgan fingerprint density at radius 1 is 1.27 bits per heavy atom. The van der Waals surface area contributed by atoms with Crippen LogP contribution in [0.15, 0.2) is 35.4 Å². The molecule has 10 heteroatoms. The minimum atomic E-state index is -4.62. The number of aromatic amines is 2. The van der Waals surface area contributed by atoms with E-state index in [0.717, 1.165) is 18.3 Å². The molecule has 0 fully saturated rings. The summed E-state index contributed by atoms with van der Waals surface area (Å²) in [5.41, 5.74) is -1.64. The average molecular weight is 361 g/mol. The van der Waals surface area contributed by atoms with Gasteiger partial charge in [0.15, 0.2) is 0 Å². The highest BCUT2D eigenvalue weighted by Gasteiger charge is 2.32. The van der Waals surface area contributed by atoms with E-state index in [-0.39, 0.29) is 28.8 Å². The fourth-order valence-corrected chi connectivity index (χ4v) is 2.47. The largest absolute Gasteiger partial charge is 0.416 e. The van der Waals surface area contributed by atoms with Crippen molar-refractivity contribution in [2.75, 3.05) is 6.54 Å². The summed E-state index contributed by atoms with van der Waals surface area (Å²) in [7, 11) is 0. The number of H-pyrrole nitrogens is 2. The highest BCUT2D eigenvalue weighted by Crippen LogP contribution is 2.35. The number of hydrogen-bond donors (Lipinski definition) is 3. The van der Waals surface area contributed by atoms with Crippen LogP contribution in [0.4, 0.5) is 13.2 Å². The molecule has 0 saturated heterocycles. The predicted molar refractivity (Wildman–Crippen MR) is 85.1 cm³/mol. The summed E-state index contributed by atoms with van der Waals surface area (Å²) in [6, 6.07) is 4.63. The van der Waals surface area contributed by atoms with Crippen LogP contribution in [-0.4, -0.2) is 27.6 Å². The maximum atomic E-state index is 13.2. The fourth-order valence-electron chi connectivity index (χ4n) is 2.47. The van der Waals surface area contributed by atoms with Gasteiger partial charge in [0.2, 0.25) is 0 Å². The molecule has 132 valence electrons. The number of fused-ring (bicyclic) bond motifs is 1. The lowest BCUT2D eigenvalue weighted by Gasteiger charge is -2.11. The molecule has 0 bridgehead atoms. The van der Waals surface area contributed by atoms with Crippen LogP contribution in [0.5, 0.6) is 0 Å². The number of nitrogens with one attached hydrogen (secondary N) is 3. The van der Waals surface area contributed by atoms with E-state index in [2.05, 4.69) is 20.5 Å². The molecule has 3 N–H and O–H groups in total. The van der Waals surface area contributed by atoms with E-state index in [4.69, 9.17) is 5.26 Å². The number of carbonyl (C=O) groups excluding carboxylic acids is 1. The lowest BCUT2D eigenvalue weighted by atomic mass is 9.99. The van der Waals surface area contributed by atoms with Crippen molar-refractivity contribution in [2.24, 2.45) is 0 Å². The van der Waals surface area contributed by atoms with Crippen LogP contribution in [0.1, 0.15) is 15.9 Å². The monoisotopic (exact) mass is 361 g/mol. The average Bonchev–Trinajstić information content (AvgIpc) is 3.07. The van der Waals surface area contributed by atoms with Gasteiger partial charge < -0.3 is 10.3 Å². The van der Waals surface area contributed by atoms with Crippen LogP contribution in [0.25, 0.3) is 22.0 Å². The van der Waals surface area contributed by atoms with E-state index in [9.17, 15) is 22.8 Å². The fraction of sp³-hybridized carbons (Fsp3) is 0.125. The molecule has 0 atom stereocenters. The summed E-state index contributed by atoms with van der Waals surface area (Å²) in [5.74, 6) is -0.639. The third kappa shape index (κ3) is 3.14. The van der Waals surface area contributed by atoms with Crippen molar-refractivity contribution in [1.82, 2.24) is 20.5 Å². The summed E-state index contributed by atoms with van der Waals surface area (Å²) in [6.07, 6.45) is -2.20. The first-order valence-corrected chi connectivity index (χ1v) is 7.24. The van der Waals surface area contributed by atoms with Gasteiger partial charge in [-0.25, -0.2) is 0 Å². The topological polar surface area (TPSA) is 114 Å². The van der Waals surface area contributed by atoms with Crippen molar-refractivity contribution in [3.63, 3.8) is 0 Å². The lowest BCUT2D eigenvalue weighted by Crippen LogP contribution is -2.25. The summed E-state index contributed by atoms with van der Waals surface area (Å²) >= 11 is 0. The van der Waals surface area contributed by atoms with Gasteiger partial charge in [0.1, 0.15) is 6.54 Å². The van der Waals surface area contributed by atoms with Gasteiger partial charge in [0.05, 0.1) is 28.9 Å². The maximum Gasteiger partial charge on any atom is 0.416 e. The van der Waals surface area contributed by atoms with Gasteiger partial charge in [-0.3, -0.25) is 14.7 Å². The Labute approximate surface area is 143 Å². The highest BCUT2D eigenvalue weighted by molar-refractivity contribution is 5.98. The Balaban J connectivity index is 2.20. The first-order chi connectivity index (χ1) is 12.3. The molecule has 1 aromatic carbocycles. The minimum Gasteiger partial charge on any atom is -0.339 e. The predicted octanol–water partition coefficient (Wildman–Crippen LogP) is 2.19. The van der Waals surface area contributed by atoms with E-state index in [0.29, 0.717) is 5.39 Å². The summed E-state index contributed by atoms with van der Waals surface area (Å²) in [6.45, 7) is -0.247. The van der Waals surface area contributed by atoms with Gasteiger partial charge in [0, 0.05) is 17.1 Å². The van der Waals surface area contributed by atoms with Crippen LogP contribution in [-0.2, 0) is 6.18 Å². The van der Waals surface area contributed by atoms with Gasteiger partial charge in [0.25, 0.3) is 11.5 Å². The van der Waals surface area contributed by atoms with Crippen molar-refractivity contribution in [2.45, 2.75) is 6.18 Å². The molecule has 0 spiro atoms. The first-order valence-electron chi connectivity index (χ1n) is 7.24. The number of pyridine rings is 1. The summed E-state index contributed by atoms with van der Waals surface area (Å²) in [4.78, 5) is 26.5. The molecule has 0 unspecified atom stereocenters. The van der Waals surface area contributed by atoms with Crippen molar-refractivity contribution in [3.05, 3.63) is 52.1 Å². The van der Waals surface area contributed by atoms with Crippen LogP contribution < -0.4 is 10.9 Å². The standard InChI is InChI=1S/C16H10F3N5O2/c17-16(18,19)9-4-10(12-7-23-24-13(12)5-9)11-3-8(6-22-15(11)26)14(25)21-2-1-20/h3-7H,2H2,(H,21,25)(H,22,26)(H,23,24). The van der Waals surface area contributed by atoms with Gasteiger partial charge in [-0.1, -0.05) is 0 Å². The van der Waals surface area contributed by atoms with Crippen LogP contribution in [0, 0.1) is 11.3 Å². The van der Waals surface area contributed by atoms with Crippen LogP contribution >= 0.6 is 0 Å². The molecule has 0 radical (unpaired) electrons. The molecule has 3 aromatic rings. The molecule has 0 aliphatic carbocycles. The summed E-state index contributed by atoms with van der Waals surface area (Å²) in [5, 5.41) is 17.3. The number of benzene rings is 1. The highest BCUT2D eigenvalue weighted by atomic mass is 19.4.